The van der Waals surface area contributed by atoms with Crippen LogP contribution in [0.1, 0.15) is 25.8 Å². The zero-order valence-electron chi connectivity index (χ0n) is 18.8. The molecule has 2 unspecified atom stereocenters. The molecule has 1 aliphatic heterocycles. The summed E-state index contributed by atoms with van der Waals surface area (Å²) in [6.45, 7) is 2.60. The number of hydrogen-bond acceptors (Lipinski definition) is 7. The number of ether oxygens (including phenoxy) is 1. The van der Waals surface area contributed by atoms with Crippen molar-refractivity contribution in [2.75, 3.05) is 18.8 Å². The first-order valence-electron chi connectivity index (χ1n) is 11.3. The number of hydrogen-bond donors (Lipinski definition) is 2. The summed E-state index contributed by atoms with van der Waals surface area (Å²) in [7, 11) is 0. The summed E-state index contributed by atoms with van der Waals surface area (Å²) in [5.74, 6) is 1.79. The predicted octanol–water partition coefficient (Wildman–Crippen LogP) is 3.41. The van der Waals surface area contributed by atoms with Crippen molar-refractivity contribution in [1.82, 2.24) is 24.6 Å². The molecule has 34 heavy (non-hydrogen) atoms. The number of carbonyl (C=O) groups excluding carboxylic acids is 1. The maximum atomic E-state index is 12.3. The second-order valence-corrected chi connectivity index (χ2v) is 8.39. The van der Waals surface area contributed by atoms with Crippen LogP contribution in [0.4, 0.5) is 5.82 Å². The van der Waals surface area contributed by atoms with Gasteiger partial charge in [0.05, 0.1) is 17.5 Å². The molecule has 0 bridgehead atoms. The fraction of sp³-hybridized carbons (Fsp3) is 0.280. The number of likely N-dealkylation sites (tertiary alicyclic amines) is 1. The largest absolute Gasteiger partial charge is 0.457 e. The van der Waals surface area contributed by atoms with Crippen LogP contribution >= 0.6 is 0 Å². The first kappa shape index (κ1) is 21.8. The quantitative estimate of drug-likeness (QED) is 0.470. The standard InChI is InChI=1S/C25H26N6O3/c1-2-21(33)30-13-17(12-18(32)14-30)31-25-22(24(26)27-15-28-25)23(29-31)16-8-10-20(11-9-16)34-19-6-4-3-5-7-19/h3-11,15,17-18,32H,2,12-14H2,1H3,(H2,26,27,28). The highest BCUT2D eigenvalue weighted by Crippen LogP contribution is 2.35. The normalized spacial score (nSPS) is 18.2. The van der Waals surface area contributed by atoms with E-state index < -0.39 is 6.10 Å². The van der Waals surface area contributed by atoms with Crippen LogP contribution in [0.3, 0.4) is 0 Å². The Morgan fingerprint density at radius 1 is 1.09 bits per heavy atom. The Hall–Kier alpha value is -3.98. The molecule has 1 aliphatic rings. The van der Waals surface area contributed by atoms with E-state index in [0.717, 1.165) is 11.3 Å². The number of fused-ring (bicyclic) bond motifs is 1. The Kier molecular flexibility index (Phi) is 5.85. The number of nitrogens with zero attached hydrogens (tertiary/aromatic N) is 5. The Bertz CT molecular complexity index is 1310. The van der Waals surface area contributed by atoms with E-state index in [-0.39, 0.29) is 11.9 Å². The van der Waals surface area contributed by atoms with Crippen molar-refractivity contribution in [3.8, 4) is 22.8 Å². The van der Waals surface area contributed by atoms with Gasteiger partial charge in [-0.3, -0.25) is 4.79 Å². The number of piperidine rings is 1. The van der Waals surface area contributed by atoms with Crippen LogP contribution in [-0.4, -0.2) is 54.9 Å². The molecule has 0 aliphatic carbocycles. The average Bonchev–Trinajstić information content (AvgIpc) is 3.25. The van der Waals surface area contributed by atoms with Crippen molar-refractivity contribution in [3.63, 3.8) is 0 Å². The maximum absolute atomic E-state index is 12.3. The van der Waals surface area contributed by atoms with Gasteiger partial charge in [-0.2, -0.15) is 5.10 Å². The number of nitrogen functional groups attached to an aromatic ring is 1. The van der Waals surface area contributed by atoms with E-state index in [2.05, 4.69) is 9.97 Å². The molecule has 3 heterocycles. The summed E-state index contributed by atoms with van der Waals surface area (Å²) < 4.78 is 7.67. The lowest BCUT2D eigenvalue weighted by atomic mass is 10.0. The molecule has 0 radical (unpaired) electrons. The number of nitrogens with two attached hydrogens (primary N) is 1. The third-order valence-corrected chi connectivity index (χ3v) is 6.03. The van der Waals surface area contributed by atoms with Crippen molar-refractivity contribution in [2.24, 2.45) is 0 Å². The number of aliphatic hydroxyl groups excluding tert-OH is 1. The van der Waals surface area contributed by atoms with Crippen LogP contribution in [-0.2, 0) is 4.79 Å². The molecule has 1 fully saturated rings. The summed E-state index contributed by atoms with van der Waals surface area (Å²) in [4.78, 5) is 22.6. The number of para-hydroxylation sites is 1. The molecule has 9 nitrogen and oxygen atoms in total. The van der Waals surface area contributed by atoms with Crippen LogP contribution in [0, 0.1) is 0 Å². The van der Waals surface area contributed by atoms with Gasteiger partial charge in [0.15, 0.2) is 5.65 Å². The van der Waals surface area contributed by atoms with Crippen LogP contribution in [0.15, 0.2) is 60.9 Å². The Labute approximate surface area is 196 Å². The SMILES string of the molecule is CCC(=O)N1CC(O)CC(n2nc(-c3ccc(Oc4ccccc4)cc3)c3c(N)ncnc32)C1. The molecular weight excluding hydrogens is 432 g/mol. The first-order chi connectivity index (χ1) is 16.5. The van der Waals surface area contributed by atoms with Gasteiger partial charge in [-0.15, -0.1) is 0 Å². The number of anilines is 1. The van der Waals surface area contributed by atoms with E-state index >= 15 is 0 Å². The van der Waals surface area contributed by atoms with Crippen LogP contribution in [0.25, 0.3) is 22.3 Å². The topological polar surface area (TPSA) is 119 Å². The summed E-state index contributed by atoms with van der Waals surface area (Å²) in [5.41, 5.74) is 8.31. The summed E-state index contributed by atoms with van der Waals surface area (Å²) >= 11 is 0. The Morgan fingerprint density at radius 3 is 2.56 bits per heavy atom. The average molecular weight is 459 g/mol. The molecule has 0 saturated carbocycles. The molecule has 174 valence electrons. The van der Waals surface area contributed by atoms with Gasteiger partial charge < -0.3 is 20.5 Å². The lowest BCUT2D eigenvalue weighted by Gasteiger charge is -2.35. The molecular formula is C25H26N6O3. The molecule has 0 spiro atoms. The van der Waals surface area contributed by atoms with Gasteiger partial charge in [-0.25, -0.2) is 14.6 Å². The monoisotopic (exact) mass is 458 g/mol. The van der Waals surface area contributed by atoms with Crippen molar-refractivity contribution < 1.29 is 14.6 Å². The molecule has 2 aromatic heterocycles. The number of β-amino-alcohol motifs (C(OH)–C–C–N with tert-alkyl or cyclic N) is 1. The van der Waals surface area contributed by atoms with Crippen molar-refractivity contribution in [3.05, 3.63) is 60.9 Å². The molecule has 2 atom stereocenters. The second kappa shape index (κ2) is 9.11. The van der Waals surface area contributed by atoms with Gasteiger partial charge >= 0.3 is 0 Å². The van der Waals surface area contributed by atoms with Gasteiger partial charge in [0, 0.05) is 25.1 Å². The lowest BCUT2D eigenvalue weighted by molar-refractivity contribution is -0.135. The van der Waals surface area contributed by atoms with Crippen molar-refractivity contribution in [2.45, 2.75) is 31.9 Å². The van der Waals surface area contributed by atoms with Gasteiger partial charge in [-0.05, 0) is 42.8 Å². The Balaban J connectivity index is 1.51. The van der Waals surface area contributed by atoms with Gasteiger partial charge in [0.1, 0.15) is 29.3 Å². The molecule has 1 saturated heterocycles. The maximum Gasteiger partial charge on any atom is 0.222 e. The highest BCUT2D eigenvalue weighted by Gasteiger charge is 2.32. The molecule has 9 heteroatoms. The number of aromatic nitrogens is 4. The van der Waals surface area contributed by atoms with Crippen LogP contribution in [0.2, 0.25) is 0 Å². The third-order valence-electron chi connectivity index (χ3n) is 6.03. The van der Waals surface area contributed by atoms with Gasteiger partial charge in [0.25, 0.3) is 0 Å². The molecule has 1 amide bonds. The van der Waals surface area contributed by atoms with E-state index in [1.54, 1.807) is 9.58 Å². The minimum absolute atomic E-state index is 0.00331. The summed E-state index contributed by atoms with van der Waals surface area (Å²) in [5, 5.41) is 16.0. The highest BCUT2D eigenvalue weighted by molar-refractivity contribution is 5.98. The third kappa shape index (κ3) is 4.17. The fourth-order valence-electron chi connectivity index (χ4n) is 4.41. The zero-order valence-corrected chi connectivity index (χ0v) is 18.8. The van der Waals surface area contributed by atoms with Crippen molar-refractivity contribution >= 4 is 22.8 Å². The molecule has 4 aromatic rings. The van der Waals surface area contributed by atoms with E-state index in [1.807, 2.05) is 61.5 Å². The summed E-state index contributed by atoms with van der Waals surface area (Å²) in [6.07, 6.45) is 1.63. The minimum Gasteiger partial charge on any atom is -0.457 e. The Morgan fingerprint density at radius 2 is 1.82 bits per heavy atom. The lowest BCUT2D eigenvalue weighted by Crippen LogP contribution is -2.46. The van der Waals surface area contributed by atoms with E-state index in [0.29, 0.717) is 54.2 Å². The number of rotatable bonds is 5. The smallest absolute Gasteiger partial charge is 0.222 e. The van der Waals surface area contributed by atoms with E-state index in [4.69, 9.17) is 15.6 Å². The van der Waals surface area contributed by atoms with Crippen LogP contribution in [0.5, 0.6) is 11.5 Å². The molecule has 5 rings (SSSR count). The summed E-state index contributed by atoms with van der Waals surface area (Å²) in [6, 6.07) is 16.9. The second-order valence-electron chi connectivity index (χ2n) is 8.39. The van der Waals surface area contributed by atoms with Crippen molar-refractivity contribution in [1.29, 1.82) is 0 Å². The number of carbonyl (C=O) groups is 1. The van der Waals surface area contributed by atoms with Gasteiger partial charge in [0.2, 0.25) is 5.91 Å². The first-order valence-corrected chi connectivity index (χ1v) is 11.3. The van der Waals surface area contributed by atoms with E-state index in [1.165, 1.54) is 6.33 Å². The zero-order chi connectivity index (χ0) is 23.7. The van der Waals surface area contributed by atoms with E-state index in [9.17, 15) is 9.90 Å². The number of aliphatic hydroxyl groups is 1. The molecule has 2 aromatic carbocycles. The van der Waals surface area contributed by atoms with Crippen LogP contribution < -0.4 is 10.5 Å². The van der Waals surface area contributed by atoms with Gasteiger partial charge in [-0.1, -0.05) is 25.1 Å². The number of amides is 1. The predicted molar refractivity (Wildman–Crippen MR) is 128 cm³/mol. The minimum atomic E-state index is -0.634. The number of benzene rings is 2. The fourth-order valence-corrected chi connectivity index (χ4v) is 4.41. The highest BCUT2D eigenvalue weighted by atomic mass is 16.5. The molecule has 3 N–H and O–H groups in total.